The van der Waals surface area contributed by atoms with Crippen molar-refractivity contribution in [1.82, 2.24) is 43.6 Å². The van der Waals surface area contributed by atoms with Gasteiger partial charge >= 0.3 is 0 Å². The number of aromatic nitrogens is 9. The summed E-state index contributed by atoms with van der Waals surface area (Å²) in [7, 11) is 0. The number of hydrogen-bond acceptors (Lipinski definition) is 9. The van der Waals surface area contributed by atoms with Crippen LogP contribution in [0.1, 0.15) is 69.4 Å². The van der Waals surface area contributed by atoms with E-state index in [0.717, 1.165) is 24.1 Å². The average Bonchev–Trinajstić information content (AvgIpc) is 3.41. The van der Waals surface area contributed by atoms with E-state index in [1.807, 2.05) is 49.0 Å². The van der Waals surface area contributed by atoms with Gasteiger partial charge in [0.15, 0.2) is 0 Å². The normalized spacial score (nSPS) is 13.0. The number of carbonyl (C=O) groups excluding carboxylic acids is 3. The van der Waals surface area contributed by atoms with Crippen molar-refractivity contribution in [3.05, 3.63) is 83.2 Å². The molecule has 0 saturated heterocycles. The van der Waals surface area contributed by atoms with Crippen molar-refractivity contribution in [2.24, 2.45) is 11.7 Å². The number of primary amides is 1. The number of ether oxygens (including phenoxy) is 1. The Bertz CT molecular complexity index is 2360. The van der Waals surface area contributed by atoms with Gasteiger partial charge in [-0.05, 0) is 76.8 Å². The summed E-state index contributed by atoms with van der Waals surface area (Å²) in [5.41, 5.74) is 10.7. The molecule has 0 unspecified atom stereocenters. The number of rotatable bonds is 14. The molecule has 6 aromatic rings. The minimum atomic E-state index is -0.611. The molecule has 1 aliphatic rings. The molecule has 16 heteroatoms. The number of nitrogens with two attached hydrogens (primary N) is 1. The minimum Gasteiger partial charge on any atom is -0.491 e. The highest BCUT2D eigenvalue weighted by Crippen LogP contribution is 2.34. The van der Waals surface area contributed by atoms with Crippen molar-refractivity contribution in [2.45, 2.75) is 66.7 Å². The monoisotopic (exact) mass is 704 g/mol. The fourth-order valence-corrected chi connectivity index (χ4v) is 6.13. The number of nitrogens with one attached hydrogen (secondary N) is 2. The molecule has 268 valence electrons. The van der Waals surface area contributed by atoms with Crippen LogP contribution in [0.4, 0.5) is 11.9 Å². The molecule has 0 bridgehead atoms. The largest absolute Gasteiger partial charge is 0.491 e. The Morgan fingerprint density at radius 2 is 1.46 bits per heavy atom. The number of hydrogen-bond donors (Lipinski definition) is 3. The molecule has 0 spiro atoms. The predicted molar refractivity (Wildman–Crippen MR) is 194 cm³/mol. The van der Waals surface area contributed by atoms with Crippen LogP contribution >= 0.6 is 0 Å². The standard InChI is InChI=1S/C36H40N12O4/c1-5-47-27(15-21(3)43-47)33(50)41-35-39-25-11-12-38-19-29(25)45(35)13-7-8-14-46-31-26(17-24(32(37)49)18-30(31)52-20-23-9-10-23)40-36(46)42-34(51)28-16-22(4)44-48(28)6-2/h7-8,11-12,15-19,23H,5-6,9-10,13-14,20H2,1-4H3,(H2,37,49)(H,39,41,50)(H,40,42,51)/b8-7+. The van der Waals surface area contributed by atoms with Crippen LogP contribution in [0.2, 0.25) is 0 Å². The number of fused-ring (bicyclic) bond motifs is 2. The zero-order valence-corrected chi connectivity index (χ0v) is 29.5. The Labute approximate surface area is 298 Å². The van der Waals surface area contributed by atoms with Crippen LogP contribution in [0.25, 0.3) is 22.1 Å². The number of nitrogens with zero attached hydrogens (tertiary/aromatic N) is 9. The number of allylic oxidation sites excluding steroid dienone is 2. The van der Waals surface area contributed by atoms with Crippen molar-refractivity contribution < 1.29 is 19.1 Å². The molecular weight excluding hydrogens is 664 g/mol. The third-order valence-electron chi connectivity index (χ3n) is 8.88. The Hall–Kier alpha value is -6.32. The van der Waals surface area contributed by atoms with E-state index in [2.05, 4.69) is 30.8 Å². The highest BCUT2D eigenvalue weighted by molar-refractivity contribution is 6.04. The highest BCUT2D eigenvalue weighted by atomic mass is 16.5. The van der Waals surface area contributed by atoms with E-state index < -0.39 is 5.91 Å². The Kier molecular flexibility index (Phi) is 9.28. The van der Waals surface area contributed by atoms with Gasteiger partial charge in [0.1, 0.15) is 22.7 Å². The van der Waals surface area contributed by atoms with Gasteiger partial charge in [-0.2, -0.15) is 10.2 Å². The number of pyridine rings is 1. The maximum Gasteiger partial charge on any atom is 0.276 e. The molecule has 52 heavy (non-hydrogen) atoms. The number of imidazole rings is 2. The van der Waals surface area contributed by atoms with Crippen LogP contribution < -0.4 is 21.1 Å². The molecule has 1 aromatic carbocycles. The van der Waals surface area contributed by atoms with Crippen LogP contribution in [0.3, 0.4) is 0 Å². The molecule has 4 N–H and O–H groups in total. The van der Waals surface area contributed by atoms with Crippen LogP contribution in [-0.4, -0.2) is 68.0 Å². The van der Waals surface area contributed by atoms with Crippen LogP contribution in [0.15, 0.2) is 54.9 Å². The molecule has 0 atom stereocenters. The summed E-state index contributed by atoms with van der Waals surface area (Å²) in [5.74, 6) is 0.203. The minimum absolute atomic E-state index is 0.253. The molecule has 7 rings (SSSR count). The zero-order valence-electron chi connectivity index (χ0n) is 29.5. The van der Waals surface area contributed by atoms with Crippen molar-refractivity contribution in [3.63, 3.8) is 0 Å². The first kappa shape index (κ1) is 34.1. The van der Waals surface area contributed by atoms with Gasteiger partial charge in [0.25, 0.3) is 11.8 Å². The molecule has 1 aliphatic carbocycles. The number of anilines is 2. The maximum absolute atomic E-state index is 13.6. The van der Waals surface area contributed by atoms with Crippen molar-refractivity contribution in [2.75, 3.05) is 17.2 Å². The lowest BCUT2D eigenvalue weighted by atomic mass is 10.1. The summed E-state index contributed by atoms with van der Waals surface area (Å²) in [5, 5.41) is 14.7. The molecule has 5 heterocycles. The lowest BCUT2D eigenvalue weighted by Gasteiger charge is -2.13. The first-order chi connectivity index (χ1) is 25.1. The number of amides is 3. The van der Waals surface area contributed by atoms with E-state index >= 15 is 0 Å². The summed E-state index contributed by atoms with van der Waals surface area (Å²) in [6.07, 6.45) is 9.36. The SMILES string of the molecule is CCn1nc(C)cc1C(=O)Nc1nc2ccncc2n1C/C=C/Cn1c(NC(=O)c2cc(C)nn2CC)nc2cc(C(N)=O)cc(OCC3CC3)c21. The maximum atomic E-state index is 13.6. The molecule has 16 nitrogen and oxygen atoms in total. The second-order valence-electron chi connectivity index (χ2n) is 12.8. The third-order valence-corrected chi connectivity index (χ3v) is 8.88. The van der Waals surface area contributed by atoms with E-state index in [1.54, 1.807) is 52.1 Å². The number of carbonyl (C=O) groups is 3. The number of aryl methyl sites for hydroxylation is 4. The van der Waals surface area contributed by atoms with E-state index in [-0.39, 0.29) is 29.9 Å². The average molecular weight is 705 g/mol. The fraction of sp³-hybridized carbons (Fsp3) is 0.333. The number of benzene rings is 1. The third kappa shape index (κ3) is 6.86. The van der Waals surface area contributed by atoms with Crippen LogP contribution in [-0.2, 0) is 26.2 Å². The fourth-order valence-electron chi connectivity index (χ4n) is 6.13. The Morgan fingerprint density at radius 3 is 2.06 bits per heavy atom. The van der Waals surface area contributed by atoms with E-state index in [1.165, 1.54) is 0 Å². The topological polar surface area (TPSA) is 195 Å². The second kappa shape index (κ2) is 14.1. The van der Waals surface area contributed by atoms with Gasteiger partial charge in [-0.1, -0.05) is 12.2 Å². The van der Waals surface area contributed by atoms with Crippen LogP contribution in [0, 0.1) is 19.8 Å². The van der Waals surface area contributed by atoms with Gasteiger partial charge in [-0.25, -0.2) is 9.97 Å². The molecule has 1 saturated carbocycles. The highest BCUT2D eigenvalue weighted by Gasteiger charge is 2.25. The van der Waals surface area contributed by atoms with Crippen molar-refractivity contribution in [3.8, 4) is 5.75 Å². The summed E-state index contributed by atoms with van der Waals surface area (Å²) in [6, 6.07) is 8.48. The molecule has 5 aromatic heterocycles. The van der Waals surface area contributed by atoms with E-state index in [0.29, 0.717) is 77.5 Å². The Morgan fingerprint density at radius 1 is 0.865 bits per heavy atom. The quantitative estimate of drug-likeness (QED) is 0.137. The van der Waals surface area contributed by atoms with E-state index in [4.69, 9.17) is 15.5 Å². The Balaban J connectivity index is 1.22. The van der Waals surface area contributed by atoms with Crippen molar-refractivity contribution >= 4 is 51.7 Å². The van der Waals surface area contributed by atoms with Crippen LogP contribution in [0.5, 0.6) is 5.75 Å². The summed E-state index contributed by atoms with van der Waals surface area (Å²) >= 11 is 0. The lowest BCUT2D eigenvalue weighted by molar-refractivity contribution is 0.0994. The summed E-state index contributed by atoms with van der Waals surface area (Å²) in [6.45, 7) is 9.67. The first-order valence-electron chi connectivity index (χ1n) is 17.3. The summed E-state index contributed by atoms with van der Waals surface area (Å²) < 4.78 is 13.2. The van der Waals surface area contributed by atoms with Gasteiger partial charge in [-0.3, -0.25) is 39.4 Å². The second-order valence-corrected chi connectivity index (χ2v) is 12.8. The summed E-state index contributed by atoms with van der Waals surface area (Å²) in [4.78, 5) is 53.0. The zero-order chi connectivity index (χ0) is 36.5. The molecule has 0 aliphatic heterocycles. The lowest BCUT2D eigenvalue weighted by Crippen LogP contribution is -2.20. The first-order valence-corrected chi connectivity index (χ1v) is 17.3. The molecule has 1 fully saturated rings. The van der Waals surface area contributed by atoms with E-state index in [9.17, 15) is 14.4 Å². The van der Waals surface area contributed by atoms with Gasteiger partial charge in [0.05, 0.1) is 40.7 Å². The molecular formula is C36H40N12O4. The van der Waals surface area contributed by atoms with Gasteiger partial charge in [-0.15, -0.1) is 0 Å². The molecule has 3 amide bonds. The van der Waals surface area contributed by atoms with Crippen molar-refractivity contribution in [1.29, 1.82) is 0 Å². The predicted octanol–water partition coefficient (Wildman–Crippen LogP) is 4.48. The van der Waals surface area contributed by atoms with Gasteiger partial charge < -0.3 is 19.6 Å². The molecule has 0 radical (unpaired) electrons. The van der Waals surface area contributed by atoms with Gasteiger partial charge in [0.2, 0.25) is 17.8 Å². The smallest absolute Gasteiger partial charge is 0.276 e. The van der Waals surface area contributed by atoms with Gasteiger partial charge in [0, 0.05) is 37.9 Å².